The number of hydrogen-bond acceptors (Lipinski definition) is 11. The first-order chi connectivity index (χ1) is 28.8. The van der Waals surface area contributed by atoms with Gasteiger partial charge in [0.25, 0.3) is 0 Å². The summed E-state index contributed by atoms with van der Waals surface area (Å²) in [5, 5.41) is 74.7. The molecule has 0 aromatic carbocycles. The summed E-state index contributed by atoms with van der Waals surface area (Å²) in [4.78, 5) is 23.5. The van der Waals surface area contributed by atoms with Crippen LogP contribution in [0.3, 0.4) is 0 Å². The molecule has 1 rings (SSSR count). The van der Waals surface area contributed by atoms with Crippen molar-refractivity contribution in [1.29, 1.82) is 0 Å². The van der Waals surface area contributed by atoms with Crippen LogP contribution in [-0.4, -0.2) is 108 Å². The van der Waals surface area contributed by atoms with E-state index in [2.05, 4.69) is 19.2 Å². The summed E-state index contributed by atoms with van der Waals surface area (Å²) in [7, 11) is -5.11. The summed E-state index contributed by atoms with van der Waals surface area (Å²) in [6, 6.07) is -1.15. The number of amides is 1. The molecule has 13 nitrogen and oxygen atoms in total. The number of rotatable bonds is 41. The third-order valence-electron chi connectivity index (χ3n) is 12.2. The predicted molar refractivity (Wildman–Crippen MR) is 238 cm³/mol. The molecule has 0 saturated heterocycles. The molecule has 0 spiro atoms. The van der Waals surface area contributed by atoms with E-state index in [9.17, 15) is 50.0 Å². The van der Waals surface area contributed by atoms with E-state index >= 15 is 0 Å². The van der Waals surface area contributed by atoms with E-state index in [1.165, 1.54) is 135 Å². The lowest BCUT2D eigenvalue weighted by Crippen LogP contribution is -2.64. The Bertz CT molecular complexity index is 1040. The second kappa shape index (κ2) is 36.6. The van der Waals surface area contributed by atoms with Crippen molar-refractivity contribution in [2.75, 3.05) is 6.61 Å². The van der Waals surface area contributed by atoms with E-state index in [1.54, 1.807) is 0 Å². The first kappa shape index (κ1) is 57.3. The van der Waals surface area contributed by atoms with Crippen molar-refractivity contribution in [3.8, 4) is 0 Å². The van der Waals surface area contributed by atoms with E-state index in [0.29, 0.717) is 12.8 Å². The highest BCUT2D eigenvalue weighted by atomic mass is 31.2. The van der Waals surface area contributed by atoms with Gasteiger partial charge in [0, 0.05) is 0 Å². The molecule has 0 aromatic heterocycles. The lowest BCUT2D eigenvalue weighted by molar-refractivity contribution is -0.220. The van der Waals surface area contributed by atoms with Crippen LogP contribution < -0.4 is 5.32 Å². The van der Waals surface area contributed by atoms with Gasteiger partial charge in [-0.2, -0.15) is 0 Å². The fourth-order valence-electron chi connectivity index (χ4n) is 8.19. The number of nitrogens with one attached hydrogen (secondary N) is 1. The van der Waals surface area contributed by atoms with E-state index in [-0.39, 0.29) is 12.8 Å². The van der Waals surface area contributed by atoms with E-state index in [1.807, 2.05) is 0 Å². The number of hydrogen-bond donors (Lipinski definition) is 9. The summed E-state index contributed by atoms with van der Waals surface area (Å²) in [6.45, 7) is 3.80. The molecule has 14 heteroatoms. The van der Waals surface area contributed by atoms with Gasteiger partial charge in [0.1, 0.15) is 36.6 Å². The molecule has 0 bridgehead atoms. The van der Waals surface area contributed by atoms with Crippen molar-refractivity contribution >= 4 is 13.7 Å². The maximum Gasteiger partial charge on any atom is 0.472 e. The average Bonchev–Trinajstić information content (AvgIpc) is 3.22. The third-order valence-corrected chi connectivity index (χ3v) is 13.2. The first-order valence-electron chi connectivity index (χ1n) is 24.6. The quantitative estimate of drug-likeness (QED) is 0.0208. The van der Waals surface area contributed by atoms with Gasteiger partial charge in [-0.25, -0.2) is 4.57 Å². The largest absolute Gasteiger partial charge is 0.472 e. The fraction of sp³-hybridized carbons (Fsp3) is 0.978. The Morgan fingerprint density at radius 2 is 0.833 bits per heavy atom. The Morgan fingerprint density at radius 1 is 0.517 bits per heavy atom. The molecular weight excluding hydrogens is 789 g/mol. The lowest BCUT2D eigenvalue weighted by atomic mass is 9.85. The van der Waals surface area contributed by atoms with Gasteiger partial charge in [0.15, 0.2) is 0 Å². The molecule has 9 N–H and O–H groups in total. The number of aliphatic hydroxyl groups is 7. The summed E-state index contributed by atoms with van der Waals surface area (Å²) < 4.78 is 23.0. The highest BCUT2D eigenvalue weighted by molar-refractivity contribution is 7.47. The highest BCUT2D eigenvalue weighted by Crippen LogP contribution is 2.47. The zero-order valence-corrected chi connectivity index (χ0v) is 38.8. The third kappa shape index (κ3) is 28.2. The van der Waals surface area contributed by atoms with Crippen LogP contribution in [0.15, 0.2) is 0 Å². The van der Waals surface area contributed by atoms with Gasteiger partial charge in [-0.1, -0.05) is 206 Å². The number of carbonyl (C=O) groups is 1. The number of phosphoric acid groups is 1. The first-order valence-corrected chi connectivity index (χ1v) is 26.1. The highest BCUT2D eigenvalue weighted by Gasteiger charge is 2.51. The number of aliphatic hydroxyl groups excluding tert-OH is 7. The molecule has 8 unspecified atom stereocenters. The fourth-order valence-corrected chi connectivity index (χ4v) is 9.16. The maximum atomic E-state index is 13.0. The van der Waals surface area contributed by atoms with Gasteiger partial charge < -0.3 is 46.0 Å². The van der Waals surface area contributed by atoms with Crippen LogP contribution in [0.4, 0.5) is 0 Å². The van der Waals surface area contributed by atoms with Crippen LogP contribution in [0.2, 0.25) is 0 Å². The molecule has 8 atom stereocenters. The Morgan fingerprint density at radius 3 is 1.20 bits per heavy atom. The maximum absolute atomic E-state index is 13.0. The topological polar surface area (TPSA) is 226 Å². The number of unbranched alkanes of at least 4 members (excludes halogenated alkanes) is 28. The minimum atomic E-state index is -5.11. The van der Waals surface area contributed by atoms with Gasteiger partial charge in [0.05, 0.1) is 31.3 Å². The van der Waals surface area contributed by atoms with Gasteiger partial charge in [-0.3, -0.25) is 13.8 Å². The number of carbonyl (C=O) groups excluding carboxylic acids is 1. The Hall–Kier alpha value is -0.700. The molecule has 358 valence electrons. The Balaban J connectivity index is 2.49. The molecule has 1 saturated carbocycles. The minimum absolute atomic E-state index is 0.216. The molecule has 0 aliphatic heterocycles. The van der Waals surface area contributed by atoms with Crippen molar-refractivity contribution in [1.82, 2.24) is 5.32 Å². The van der Waals surface area contributed by atoms with Crippen LogP contribution in [0.1, 0.15) is 226 Å². The van der Waals surface area contributed by atoms with E-state index in [0.717, 1.165) is 51.4 Å². The van der Waals surface area contributed by atoms with Gasteiger partial charge in [-0.15, -0.1) is 0 Å². The van der Waals surface area contributed by atoms with Gasteiger partial charge >= 0.3 is 7.82 Å². The normalized spacial score (nSPS) is 23.3. The summed E-state index contributed by atoms with van der Waals surface area (Å²) in [5.74, 6) is -0.556. The molecule has 1 aliphatic rings. The van der Waals surface area contributed by atoms with Crippen molar-refractivity contribution in [3.63, 3.8) is 0 Å². The molecule has 1 aliphatic carbocycles. The van der Waals surface area contributed by atoms with Crippen LogP contribution in [0.5, 0.6) is 0 Å². The standard InChI is InChI=1S/C46H92NO12P/c1-3-5-7-9-11-13-15-17-18-19-20-22-24-26-28-30-32-34-39(49)38(36-58-60(56,57)59-46-44(54)42(52)41(51)43(53)45(46)55)47-40(50)35-37(48)33-31-29-27-25-23-21-16-14-12-10-8-6-4-2/h37-39,41-46,48-49,51-55H,3-36H2,1-2H3,(H,47,50)(H,56,57). The summed E-state index contributed by atoms with van der Waals surface area (Å²) in [5.41, 5.74) is 0. The molecular formula is C46H92NO12P. The van der Waals surface area contributed by atoms with Gasteiger partial charge in [-0.05, 0) is 12.8 Å². The molecule has 60 heavy (non-hydrogen) atoms. The Kier molecular flexibility index (Phi) is 35.0. The second-order valence-corrected chi connectivity index (χ2v) is 19.3. The van der Waals surface area contributed by atoms with Crippen LogP contribution >= 0.6 is 7.82 Å². The van der Waals surface area contributed by atoms with Crippen molar-refractivity contribution in [2.24, 2.45) is 0 Å². The monoisotopic (exact) mass is 882 g/mol. The second-order valence-electron chi connectivity index (χ2n) is 17.9. The molecule has 0 radical (unpaired) electrons. The molecule has 1 fully saturated rings. The van der Waals surface area contributed by atoms with Crippen molar-refractivity contribution in [2.45, 2.75) is 281 Å². The smallest absolute Gasteiger partial charge is 0.393 e. The van der Waals surface area contributed by atoms with Crippen LogP contribution in [0, 0.1) is 0 Å². The van der Waals surface area contributed by atoms with Crippen LogP contribution in [-0.2, 0) is 18.4 Å². The Labute approximate surface area is 364 Å². The molecule has 1 amide bonds. The minimum Gasteiger partial charge on any atom is -0.393 e. The van der Waals surface area contributed by atoms with E-state index in [4.69, 9.17) is 9.05 Å². The SMILES string of the molecule is CCCCCCCCCCCCCCCCCCCC(O)C(COP(=O)(O)OC1C(O)C(O)C(O)C(O)C1O)NC(=O)CC(O)CCCCCCCCCCCCCCC. The summed E-state index contributed by atoms with van der Waals surface area (Å²) in [6.07, 6.45) is 22.9. The van der Waals surface area contributed by atoms with Gasteiger partial charge in [0.2, 0.25) is 5.91 Å². The van der Waals surface area contributed by atoms with Crippen molar-refractivity contribution < 1.29 is 59.0 Å². The lowest BCUT2D eigenvalue weighted by Gasteiger charge is -2.41. The zero-order valence-electron chi connectivity index (χ0n) is 37.9. The number of phosphoric ester groups is 1. The van der Waals surface area contributed by atoms with E-state index < -0.39 is 75.2 Å². The summed E-state index contributed by atoms with van der Waals surface area (Å²) >= 11 is 0. The molecule has 0 heterocycles. The van der Waals surface area contributed by atoms with Crippen LogP contribution in [0.25, 0.3) is 0 Å². The average molecular weight is 882 g/mol. The molecule has 0 aromatic rings. The predicted octanol–water partition coefficient (Wildman–Crippen LogP) is 8.43. The zero-order chi connectivity index (χ0) is 44.4. The van der Waals surface area contributed by atoms with Crippen molar-refractivity contribution in [3.05, 3.63) is 0 Å².